The molecule has 0 aromatic heterocycles. The van der Waals surface area contributed by atoms with Crippen LogP contribution in [0.1, 0.15) is 93.2 Å². The van der Waals surface area contributed by atoms with E-state index in [4.69, 9.17) is 0 Å². The second-order valence-corrected chi connectivity index (χ2v) is 22.8. The molecule has 0 bridgehead atoms. The van der Waals surface area contributed by atoms with Gasteiger partial charge in [-0.1, -0.05) is 0 Å². The fraction of sp³-hybridized carbons (Fsp3) is 0.364. The molecular weight excluding hydrogens is 761 g/mol. The predicted molar refractivity (Wildman–Crippen MR) is 189 cm³/mol. The standard InChI is InChI=1S/2C21H18F3.C2H4.2ClH.Ti/c2*22-21(23,24)18-10-8-15(9-11-18)19-7-3-6-16-12-17(13-20(16)19)14-4-1-2-5-14;1-2;;;/h2*3,6-14H,1-2,4-5H2;1-2H2;2*1H;/q;;;;;+2/p-2. The Kier molecular flexibility index (Phi) is 10.5. The first-order valence-electron chi connectivity index (χ1n) is 18.6. The van der Waals surface area contributed by atoms with Gasteiger partial charge in [0.15, 0.2) is 0 Å². The molecule has 0 radical (unpaired) electrons. The number of fused-ring (bicyclic) bond motifs is 2. The number of hydrogen-bond acceptors (Lipinski definition) is 0. The van der Waals surface area contributed by atoms with Gasteiger partial charge in [-0.25, -0.2) is 0 Å². The van der Waals surface area contributed by atoms with Crippen molar-refractivity contribution >= 4 is 12.2 Å². The molecule has 53 heavy (non-hydrogen) atoms. The smallest absolute Gasteiger partial charge is 1.00 e. The molecule has 1 heterocycles. The third kappa shape index (κ3) is 6.68. The number of allylic oxidation sites excluding steroid dienone is 2. The van der Waals surface area contributed by atoms with Crippen molar-refractivity contribution in [3.05, 3.63) is 129 Å². The maximum absolute atomic E-state index is 13.5. The summed E-state index contributed by atoms with van der Waals surface area (Å²) in [5.74, 6) is 1.06. The van der Waals surface area contributed by atoms with Crippen LogP contribution < -0.4 is 24.8 Å². The van der Waals surface area contributed by atoms with Gasteiger partial charge >= 0.3 is 300 Å². The van der Waals surface area contributed by atoms with Crippen LogP contribution >= 0.6 is 0 Å². The van der Waals surface area contributed by atoms with E-state index in [1.54, 1.807) is 35.4 Å². The van der Waals surface area contributed by atoms with Crippen molar-refractivity contribution in [2.45, 2.75) is 81.6 Å². The Morgan fingerprint density at radius 1 is 0.472 bits per heavy atom. The fourth-order valence-corrected chi connectivity index (χ4v) is 20.9. The number of halogens is 8. The molecule has 4 aromatic carbocycles. The molecule has 4 aliphatic carbocycles. The molecule has 1 saturated heterocycles. The SMILES string of the molecule is FC(F)(F)c1ccc(-c2cccc3c2C=C(C2CCCC2)[CH]3[Ti+2]2([CH]3C(C4CCCC4)=Cc4c(-c5ccc(C(F)(F)F)cc5)cccc43)[CH2][CH2]2)cc1.[Cl-].[Cl-]. The Labute approximate surface area is 323 Å². The molecule has 0 nitrogen and oxygen atoms in total. The normalized spacial score (nSPS) is 21.5. The first-order chi connectivity index (χ1) is 24.5. The van der Waals surface area contributed by atoms with Gasteiger partial charge in [0, 0.05) is 0 Å². The molecule has 3 fully saturated rings. The van der Waals surface area contributed by atoms with Gasteiger partial charge in [0.1, 0.15) is 0 Å². The molecule has 0 N–H and O–H groups in total. The van der Waals surface area contributed by atoms with Crippen molar-refractivity contribution < 1.29 is 67.7 Å². The largest absolute Gasteiger partial charge is 1.00 e. The van der Waals surface area contributed by atoms with Crippen LogP contribution in [0.5, 0.6) is 0 Å². The summed E-state index contributed by atoms with van der Waals surface area (Å²) in [7, 11) is 0. The van der Waals surface area contributed by atoms with Gasteiger partial charge in [-0.05, 0) is 0 Å². The summed E-state index contributed by atoms with van der Waals surface area (Å²) in [6.45, 7) is 0. The molecule has 1 aliphatic heterocycles. The number of benzene rings is 4. The zero-order valence-electron chi connectivity index (χ0n) is 29.1. The van der Waals surface area contributed by atoms with Crippen molar-refractivity contribution in [1.29, 1.82) is 0 Å². The van der Waals surface area contributed by atoms with Crippen molar-refractivity contribution in [3.8, 4) is 22.3 Å². The van der Waals surface area contributed by atoms with Crippen molar-refractivity contribution in [2.24, 2.45) is 11.8 Å². The number of hydrogen-bond donors (Lipinski definition) is 0. The Morgan fingerprint density at radius 2 is 0.830 bits per heavy atom. The summed E-state index contributed by atoms with van der Waals surface area (Å²) in [5.41, 5.74) is 10.7. The van der Waals surface area contributed by atoms with Gasteiger partial charge in [-0.3, -0.25) is 0 Å². The minimum atomic E-state index is -4.38. The van der Waals surface area contributed by atoms with Crippen molar-refractivity contribution in [1.82, 2.24) is 0 Å². The Balaban J connectivity index is 0.00000218. The molecule has 2 atom stereocenters. The Morgan fingerprint density at radius 3 is 1.15 bits per heavy atom. The molecule has 0 amide bonds. The quantitative estimate of drug-likeness (QED) is 0.137. The van der Waals surface area contributed by atoms with E-state index in [0.29, 0.717) is 20.3 Å². The summed E-state index contributed by atoms with van der Waals surface area (Å²) in [5, 5.41) is 0. The topological polar surface area (TPSA) is 0 Å². The van der Waals surface area contributed by atoms with Gasteiger partial charge in [-0.15, -0.1) is 0 Å². The van der Waals surface area contributed by atoms with E-state index in [1.165, 1.54) is 107 Å². The summed E-state index contributed by atoms with van der Waals surface area (Å²) in [6.07, 6.45) is 5.84. The van der Waals surface area contributed by atoms with E-state index in [-0.39, 0.29) is 24.8 Å². The van der Waals surface area contributed by atoms with Crippen LogP contribution in [0.25, 0.3) is 34.4 Å². The van der Waals surface area contributed by atoms with Gasteiger partial charge < -0.3 is 24.8 Å². The molecule has 0 spiro atoms. The van der Waals surface area contributed by atoms with Crippen LogP contribution in [0.2, 0.25) is 9.45 Å². The van der Waals surface area contributed by atoms with E-state index in [2.05, 4.69) is 48.6 Å². The van der Waals surface area contributed by atoms with Gasteiger partial charge in [0.25, 0.3) is 0 Å². The molecule has 2 unspecified atom stereocenters. The van der Waals surface area contributed by atoms with E-state index in [0.717, 1.165) is 22.3 Å². The molecule has 5 aliphatic rings. The number of alkyl halides is 6. The van der Waals surface area contributed by atoms with Gasteiger partial charge in [0.05, 0.1) is 0 Å². The van der Waals surface area contributed by atoms with Crippen LogP contribution in [0.15, 0.2) is 96.1 Å². The molecule has 9 rings (SSSR count). The molecular formula is C44H40Cl2F6Ti. The predicted octanol–water partition coefficient (Wildman–Crippen LogP) is 8.03. The second kappa shape index (κ2) is 14.4. The molecule has 9 heteroatoms. The van der Waals surface area contributed by atoms with Crippen LogP contribution in [-0.2, 0) is 28.9 Å². The first kappa shape index (κ1) is 38.5. The number of rotatable bonds is 6. The second-order valence-electron chi connectivity index (χ2n) is 15.6. The zero-order chi connectivity index (χ0) is 35.1. The summed E-state index contributed by atoms with van der Waals surface area (Å²) >= 11 is -2.82. The minimum absolute atomic E-state index is 0. The summed E-state index contributed by atoms with van der Waals surface area (Å²) in [6, 6.07) is 24.3. The van der Waals surface area contributed by atoms with Gasteiger partial charge in [-0.2, -0.15) is 0 Å². The maximum Gasteiger partial charge on any atom is -1.00 e. The van der Waals surface area contributed by atoms with Crippen LogP contribution in [-0.4, -0.2) is 0 Å². The Bertz CT molecular complexity index is 1900. The monoisotopic (exact) mass is 800 g/mol. The van der Waals surface area contributed by atoms with E-state index in [9.17, 15) is 26.3 Å². The third-order valence-corrected chi connectivity index (χ3v) is 21.1. The van der Waals surface area contributed by atoms with Gasteiger partial charge in [0.2, 0.25) is 0 Å². The van der Waals surface area contributed by atoms with Crippen molar-refractivity contribution in [2.75, 3.05) is 0 Å². The van der Waals surface area contributed by atoms with Crippen LogP contribution in [0.4, 0.5) is 26.3 Å². The summed E-state index contributed by atoms with van der Waals surface area (Å²) in [4.78, 5) is 0. The van der Waals surface area contributed by atoms with Crippen LogP contribution in [0.3, 0.4) is 0 Å². The molecule has 2 saturated carbocycles. The van der Waals surface area contributed by atoms with E-state index < -0.39 is 40.1 Å². The van der Waals surface area contributed by atoms with Crippen LogP contribution in [0, 0.1) is 11.8 Å². The third-order valence-electron chi connectivity index (χ3n) is 12.9. The zero-order valence-corrected chi connectivity index (χ0v) is 32.2. The summed E-state index contributed by atoms with van der Waals surface area (Å²) < 4.78 is 84.2. The molecule has 276 valence electrons. The average Bonchev–Trinajstić information content (AvgIpc) is 3.65. The van der Waals surface area contributed by atoms with E-state index in [1.807, 2.05) is 0 Å². The maximum atomic E-state index is 13.5. The van der Waals surface area contributed by atoms with Crippen molar-refractivity contribution in [3.63, 3.8) is 0 Å². The first-order valence-corrected chi connectivity index (χ1v) is 22.6. The molecule has 4 aromatic rings. The minimum Gasteiger partial charge on any atom is -1.00 e. The Hall–Kier alpha value is -2.77. The average molecular weight is 802 g/mol. The van der Waals surface area contributed by atoms with E-state index >= 15 is 0 Å². The fourth-order valence-electron chi connectivity index (χ4n) is 10.4.